The molecule has 3 rings (SSSR count). The third kappa shape index (κ3) is 3.12. The number of halogens is 3. The molecule has 0 bridgehead atoms. The molecule has 1 N–H and O–H groups in total. The summed E-state index contributed by atoms with van der Waals surface area (Å²) < 4.78 is 39.7. The molecule has 0 fully saturated rings. The number of thiophene rings is 2. The van der Waals surface area contributed by atoms with Gasteiger partial charge in [0.15, 0.2) is 0 Å². The molecule has 0 aliphatic carbocycles. The van der Waals surface area contributed by atoms with Crippen molar-refractivity contribution in [2.75, 3.05) is 0 Å². The van der Waals surface area contributed by atoms with E-state index in [-0.39, 0.29) is 0 Å². The molecule has 1 unspecified atom stereocenters. The summed E-state index contributed by atoms with van der Waals surface area (Å²) in [5.74, 6) is 0. The first-order valence-corrected chi connectivity index (χ1v) is 7.94. The Morgan fingerprint density at radius 1 is 1.05 bits per heavy atom. The van der Waals surface area contributed by atoms with Crippen molar-refractivity contribution in [2.24, 2.45) is 0 Å². The lowest BCUT2D eigenvalue weighted by molar-refractivity contribution is -0.137. The molecular weight excluding hydrogens is 317 g/mol. The molecule has 2 aromatic heterocycles. The van der Waals surface area contributed by atoms with Gasteiger partial charge in [0.2, 0.25) is 0 Å². The Bertz CT molecular complexity index is 712. The van der Waals surface area contributed by atoms with Gasteiger partial charge in [0, 0.05) is 20.7 Å². The Hall–Kier alpha value is -1.37. The largest absolute Gasteiger partial charge is 0.416 e. The zero-order valence-electron chi connectivity index (χ0n) is 10.7. The lowest BCUT2D eigenvalue weighted by Crippen LogP contribution is -2.05. The van der Waals surface area contributed by atoms with Crippen LogP contribution in [0.5, 0.6) is 0 Å². The standard InChI is InChI=1S/C15H11F3OS2/c16-15(17,18)10-3-1-9(2-4-10)7-11(19)13-8-14-12(21-13)5-6-20-14/h1-6,8,11,19H,7H2. The van der Waals surface area contributed by atoms with E-state index in [0.29, 0.717) is 12.0 Å². The van der Waals surface area contributed by atoms with Crippen LogP contribution in [-0.4, -0.2) is 5.11 Å². The number of fused-ring (bicyclic) bond motifs is 1. The monoisotopic (exact) mass is 328 g/mol. The highest BCUT2D eigenvalue weighted by Gasteiger charge is 2.30. The third-order valence-corrected chi connectivity index (χ3v) is 5.39. The van der Waals surface area contributed by atoms with E-state index >= 15 is 0 Å². The number of alkyl halides is 3. The Balaban J connectivity index is 1.75. The van der Waals surface area contributed by atoms with Gasteiger partial charge >= 0.3 is 6.18 Å². The second kappa shape index (κ2) is 5.44. The molecule has 1 atom stereocenters. The van der Waals surface area contributed by atoms with Gasteiger partial charge in [-0.05, 0) is 35.2 Å². The van der Waals surface area contributed by atoms with Crippen molar-refractivity contribution in [1.29, 1.82) is 0 Å². The van der Waals surface area contributed by atoms with Crippen LogP contribution < -0.4 is 0 Å². The maximum atomic E-state index is 12.5. The van der Waals surface area contributed by atoms with E-state index in [9.17, 15) is 18.3 Å². The minimum Gasteiger partial charge on any atom is -0.387 e. The van der Waals surface area contributed by atoms with Crippen molar-refractivity contribution in [3.05, 3.63) is 57.8 Å². The predicted molar refractivity (Wildman–Crippen MR) is 79.8 cm³/mol. The zero-order valence-corrected chi connectivity index (χ0v) is 12.4. The number of benzene rings is 1. The van der Waals surface area contributed by atoms with Gasteiger partial charge in [-0.2, -0.15) is 13.2 Å². The Kier molecular flexibility index (Phi) is 3.77. The summed E-state index contributed by atoms with van der Waals surface area (Å²) >= 11 is 3.13. The quantitative estimate of drug-likeness (QED) is 0.695. The van der Waals surface area contributed by atoms with Crippen LogP contribution in [0.15, 0.2) is 41.8 Å². The Labute approximate surface area is 127 Å². The maximum absolute atomic E-state index is 12.5. The van der Waals surface area contributed by atoms with Crippen molar-refractivity contribution in [2.45, 2.75) is 18.7 Å². The van der Waals surface area contributed by atoms with Gasteiger partial charge in [-0.1, -0.05) is 12.1 Å². The van der Waals surface area contributed by atoms with Crippen LogP contribution in [0.25, 0.3) is 9.40 Å². The van der Waals surface area contributed by atoms with Crippen molar-refractivity contribution < 1.29 is 18.3 Å². The third-order valence-electron chi connectivity index (χ3n) is 3.20. The van der Waals surface area contributed by atoms with Gasteiger partial charge < -0.3 is 5.11 Å². The van der Waals surface area contributed by atoms with E-state index in [1.807, 2.05) is 17.5 Å². The van der Waals surface area contributed by atoms with Crippen LogP contribution in [0.2, 0.25) is 0 Å². The first kappa shape index (κ1) is 14.6. The molecule has 0 radical (unpaired) electrons. The first-order valence-electron chi connectivity index (χ1n) is 6.24. The molecule has 0 spiro atoms. The van der Waals surface area contributed by atoms with E-state index in [4.69, 9.17) is 0 Å². The van der Waals surface area contributed by atoms with Gasteiger partial charge in [0.25, 0.3) is 0 Å². The van der Waals surface area contributed by atoms with E-state index in [1.165, 1.54) is 23.5 Å². The smallest absolute Gasteiger partial charge is 0.387 e. The van der Waals surface area contributed by atoms with E-state index in [0.717, 1.165) is 26.4 Å². The number of aliphatic hydroxyl groups is 1. The lowest BCUT2D eigenvalue weighted by Gasteiger charge is -2.10. The summed E-state index contributed by atoms with van der Waals surface area (Å²) in [7, 11) is 0. The summed E-state index contributed by atoms with van der Waals surface area (Å²) in [6.07, 6.45) is -4.70. The fraction of sp³-hybridized carbons (Fsp3) is 0.200. The van der Waals surface area contributed by atoms with E-state index in [2.05, 4.69) is 0 Å². The Morgan fingerprint density at radius 2 is 1.76 bits per heavy atom. The van der Waals surface area contributed by atoms with Crippen LogP contribution in [0.4, 0.5) is 13.2 Å². The molecule has 1 nitrogen and oxygen atoms in total. The second-order valence-electron chi connectivity index (χ2n) is 4.71. The molecule has 0 aliphatic rings. The van der Waals surface area contributed by atoms with Gasteiger partial charge in [-0.25, -0.2) is 0 Å². The average molecular weight is 328 g/mol. The fourth-order valence-electron chi connectivity index (χ4n) is 2.10. The van der Waals surface area contributed by atoms with Gasteiger partial charge in [-0.15, -0.1) is 22.7 Å². The van der Waals surface area contributed by atoms with Gasteiger partial charge in [-0.3, -0.25) is 0 Å². The highest BCUT2D eigenvalue weighted by Crippen LogP contribution is 2.35. The van der Waals surface area contributed by atoms with Crippen LogP contribution in [0, 0.1) is 0 Å². The SMILES string of the molecule is OC(Cc1ccc(C(F)(F)F)cc1)c1cc2sccc2s1. The molecule has 0 saturated heterocycles. The normalized spacial score (nSPS) is 13.7. The molecular formula is C15H11F3OS2. The van der Waals surface area contributed by atoms with Crippen molar-refractivity contribution >= 4 is 32.1 Å². The van der Waals surface area contributed by atoms with Crippen LogP contribution in [0.3, 0.4) is 0 Å². The van der Waals surface area contributed by atoms with Gasteiger partial charge in [0.05, 0.1) is 11.7 Å². The van der Waals surface area contributed by atoms with Crippen molar-refractivity contribution in [3.63, 3.8) is 0 Å². The number of hydrogen-bond acceptors (Lipinski definition) is 3. The zero-order chi connectivity index (χ0) is 15.0. The summed E-state index contributed by atoms with van der Waals surface area (Å²) in [4.78, 5) is 0.844. The van der Waals surface area contributed by atoms with Crippen LogP contribution in [-0.2, 0) is 12.6 Å². The van der Waals surface area contributed by atoms with Crippen LogP contribution in [0.1, 0.15) is 22.1 Å². The topological polar surface area (TPSA) is 20.2 Å². The predicted octanol–water partition coefficient (Wildman–Crippen LogP) is 5.26. The molecule has 2 heterocycles. The maximum Gasteiger partial charge on any atom is 0.416 e. The van der Waals surface area contributed by atoms with E-state index in [1.54, 1.807) is 11.3 Å². The van der Waals surface area contributed by atoms with Crippen molar-refractivity contribution in [1.82, 2.24) is 0 Å². The molecule has 6 heteroatoms. The molecule has 3 aromatic rings. The minimum atomic E-state index is -4.32. The molecule has 0 aliphatic heterocycles. The molecule has 0 amide bonds. The fourth-order valence-corrected chi connectivity index (χ4v) is 4.21. The summed E-state index contributed by atoms with van der Waals surface area (Å²) in [6.45, 7) is 0. The first-order chi connectivity index (χ1) is 9.93. The number of rotatable bonds is 3. The second-order valence-corrected chi connectivity index (χ2v) is 6.78. The summed E-state index contributed by atoms with van der Waals surface area (Å²) in [6, 6.07) is 8.88. The highest BCUT2D eigenvalue weighted by atomic mass is 32.1. The minimum absolute atomic E-state index is 0.311. The summed E-state index contributed by atoms with van der Waals surface area (Å²) in [5.41, 5.74) is 0.0182. The van der Waals surface area contributed by atoms with Crippen LogP contribution >= 0.6 is 22.7 Å². The Morgan fingerprint density at radius 3 is 2.38 bits per heavy atom. The van der Waals surface area contributed by atoms with Gasteiger partial charge in [0.1, 0.15) is 0 Å². The highest BCUT2D eigenvalue weighted by molar-refractivity contribution is 7.26. The molecule has 1 aromatic carbocycles. The number of hydrogen-bond donors (Lipinski definition) is 1. The molecule has 21 heavy (non-hydrogen) atoms. The lowest BCUT2D eigenvalue weighted by atomic mass is 10.0. The van der Waals surface area contributed by atoms with Crippen molar-refractivity contribution in [3.8, 4) is 0 Å². The number of aliphatic hydroxyl groups excluding tert-OH is 1. The average Bonchev–Trinajstić information content (AvgIpc) is 2.98. The molecule has 0 saturated carbocycles. The molecule has 110 valence electrons. The van der Waals surface area contributed by atoms with E-state index < -0.39 is 17.8 Å². The summed E-state index contributed by atoms with van der Waals surface area (Å²) in [5, 5.41) is 12.2.